The minimum absolute atomic E-state index is 0.339. The number of aromatic nitrogens is 3. The molecule has 0 aliphatic carbocycles. The summed E-state index contributed by atoms with van der Waals surface area (Å²) in [5, 5.41) is 10.9. The van der Waals surface area contributed by atoms with Crippen molar-refractivity contribution in [2.24, 2.45) is 0 Å². The number of ether oxygens (including phenoxy) is 3. The molecule has 0 unspecified atom stereocenters. The topological polar surface area (TPSA) is 99.5 Å². The zero-order valence-corrected chi connectivity index (χ0v) is 22.7. The summed E-state index contributed by atoms with van der Waals surface area (Å²) in [6.45, 7) is 4.35. The standard InChI is InChI=1S/C29H28ClN5O4/c1-17-6-5-7-19(12-17)15-39-21-10-8-20(9-11-21)27-26(18(2)33-29-31-16-32-35(27)29)28(36)34-23-14-24(37-3)22(30)13-25(23)38-4/h5-14,16,27H,15H2,1-4H3,(H,34,36)(H,31,32,33)/t27-/m0/s1. The van der Waals surface area contributed by atoms with Crippen molar-refractivity contribution >= 4 is 29.1 Å². The van der Waals surface area contributed by atoms with E-state index < -0.39 is 6.04 Å². The van der Waals surface area contributed by atoms with Crippen LogP contribution in [0, 0.1) is 6.92 Å². The zero-order chi connectivity index (χ0) is 27.5. The fraction of sp³-hybridized carbons (Fsp3) is 0.207. The van der Waals surface area contributed by atoms with E-state index in [0.717, 1.165) is 16.9 Å². The average Bonchev–Trinajstić information content (AvgIpc) is 3.40. The highest BCUT2D eigenvalue weighted by molar-refractivity contribution is 6.32. The van der Waals surface area contributed by atoms with Crippen LogP contribution in [-0.4, -0.2) is 34.9 Å². The molecule has 1 atom stereocenters. The molecule has 0 saturated heterocycles. The molecule has 5 rings (SSSR count). The van der Waals surface area contributed by atoms with E-state index in [9.17, 15) is 4.79 Å². The van der Waals surface area contributed by atoms with Crippen LogP contribution in [0.4, 0.5) is 11.6 Å². The largest absolute Gasteiger partial charge is 0.495 e. The first-order valence-corrected chi connectivity index (χ1v) is 12.6. The van der Waals surface area contributed by atoms with Gasteiger partial charge in [-0.1, -0.05) is 53.6 Å². The van der Waals surface area contributed by atoms with Crippen molar-refractivity contribution in [2.75, 3.05) is 24.9 Å². The molecule has 1 aromatic heterocycles. The summed E-state index contributed by atoms with van der Waals surface area (Å²) < 4.78 is 18.5. The van der Waals surface area contributed by atoms with Crippen LogP contribution in [0.5, 0.6) is 17.2 Å². The highest BCUT2D eigenvalue weighted by Gasteiger charge is 2.34. The Labute approximate surface area is 231 Å². The number of nitrogens with zero attached hydrogens (tertiary/aromatic N) is 3. The molecule has 1 aliphatic heterocycles. The third kappa shape index (κ3) is 5.39. The SMILES string of the molecule is COc1cc(NC(=O)C2=C(C)Nc3ncnn3[C@H]2c2ccc(OCc3cccc(C)c3)cc2)c(OC)cc1Cl. The molecule has 0 radical (unpaired) electrons. The van der Waals surface area contributed by atoms with Gasteiger partial charge in [0.25, 0.3) is 5.91 Å². The molecule has 4 aromatic rings. The smallest absolute Gasteiger partial charge is 0.255 e. The van der Waals surface area contributed by atoms with Crippen molar-refractivity contribution in [1.82, 2.24) is 14.8 Å². The number of hydrogen-bond acceptors (Lipinski definition) is 7. The van der Waals surface area contributed by atoms with E-state index >= 15 is 0 Å². The van der Waals surface area contributed by atoms with E-state index in [2.05, 4.69) is 39.8 Å². The van der Waals surface area contributed by atoms with Gasteiger partial charge in [-0.25, -0.2) is 4.68 Å². The summed E-state index contributed by atoms with van der Waals surface area (Å²) in [5.41, 5.74) is 4.67. The van der Waals surface area contributed by atoms with Crippen molar-refractivity contribution in [3.05, 3.63) is 100.0 Å². The fourth-order valence-electron chi connectivity index (χ4n) is 4.56. The summed E-state index contributed by atoms with van der Waals surface area (Å²) in [6.07, 6.45) is 1.45. The van der Waals surface area contributed by atoms with E-state index in [-0.39, 0.29) is 5.91 Å². The van der Waals surface area contributed by atoms with Crippen molar-refractivity contribution in [1.29, 1.82) is 0 Å². The number of carbonyl (C=O) groups excluding carboxylic acids is 1. The average molecular weight is 546 g/mol. The van der Waals surface area contributed by atoms with Gasteiger partial charge >= 0.3 is 0 Å². The minimum atomic E-state index is -0.533. The molecule has 0 saturated carbocycles. The lowest BCUT2D eigenvalue weighted by Crippen LogP contribution is -2.31. The van der Waals surface area contributed by atoms with Crippen LogP contribution in [0.25, 0.3) is 0 Å². The summed E-state index contributed by atoms with van der Waals surface area (Å²) in [4.78, 5) is 18.1. The number of benzene rings is 3. The molecule has 0 bridgehead atoms. The lowest BCUT2D eigenvalue weighted by atomic mass is 9.95. The Hall–Kier alpha value is -4.50. The van der Waals surface area contributed by atoms with E-state index in [1.165, 1.54) is 26.1 Å². The van der Waals surface area contributed by atoms with Crippen LogP contribution in [-0.2, 0) is 11.4 Å². The maximum absolute atomic E-state index is 13.8. The van der Waals surface area contributed by atoms with E-state index in [1.807, 2.05) is 43.3 Å². The second-order valence-corrected chi connectivity index (χ2v) is 9.49. The number of fused-ring (bicyclic) bond motifs is 1. The Kier molecular flexibility index (Phi) is 7.42. The lowest BCUT2D eigenvalue weighted by Gasteiger charge is -2.29. The van der Waals surface area contributed by atoms with Crippen LogP contribution in [0.2, 0.25) is 5.02 Å². The van der Waals surface area contributed by atoms with Gasteiger partial charge in [0.15, 0.2) is 0 Å². The first-order valence-electron chi connectivity index (χ1n) is 12.3. The molecule has 3 aromatic carbocycles. The van der Waals surface area contributed by atoms with Crippen molar-refractivity contribution in [3.63, 3.8) is 0 Å². The van der Waals surface area contributed by atoms with Gasteiger partial charge in [-0.2, -0.15) is 10.1 Å². The molecule has 9 nitrogen and oxygen atoms in total. The molecule has 0 spiro atoms. The summed E-state index contributed by atoms with van der Waals surface area (Å²) in [5.74, 6) is 1.74. The molecule has 1 amide bonds. The monoisotopic (exact) mass is 545 g/mol. The number of nitrogens with one attached hydrogen (secondary N) is 2. The molecule has 2 heterocycles. The quantitative estimate of drug-likeness (QED) is 0.290. The number of carbonyl (C=O) groups is 1. The number of hydrogen-bond donors (Lipinski definition) is 2. The highest BCUT2D eigenvalue weighted by atomic mass is 35.5. The van der Waals surface area contributed by atoms with Crippen LogP contribution < -0.4 is 24.8 Å². The molecule has 10 heteroatoms. The van der Waals surface area contributed by atoms with Gasteiger partial charge in [0.2, 0.25) is 5.95 Å². The Morgan fingerprint density at radius 3 is 2.54 bits per heavy atom. The normalized spacial score (nSPS) is 14.3. The number of amides is 1. The third-order valence-corrected chi connectivity index (χ3v) is 6.74. The van der Waals surface area contributed by atoms with Gasteiger partial charge in [0.1, 0.15) is 36.2 Å². The van der Waals surface area contributed by atoms with Crippen LogP contribution in [0.15, 0.2) is 78.3 Å². The third-order valence-electron chi connectivity index (χ3n) is 6.44. The number of methoxy groups -OCH3 is 2. The van der Waals surface area contributed by atoms with Gasteiger partial charge < -0.3 is 24.8 Å². The van der Waals surface area contributed by atoms with Gasteiger partial charge in [-0.05, 0) is 37.1 Å². The second-order valence-electron chi connectivity index (χ2n) is 9.08. The second kappa shape index (κ2) is 11.1. The minimum Gasteiger partial charge on any atom is -0.495 e. The number of rotatable bonds is 8. The number of aryl methyl sites for hydroxylation is 1. The van der Waals surface area contributed by atoms with Gasteiger partial charge in [0.05, 0.1) is 30.5 Å². The van der Waals surface area contributed by atoms with E-state index in [4.69, 9.17) is 25.8 Å². The van der Waals surface area contributed by atoms with Gasteiger partial charge in [-0.15, -0.1) is 0 Å². The first-order chi connectivity index (χ1) is 18.9. The summed E-state index contributed by atoms with van der Waals surface area (Å²) in [6, 6.07) is 18.5. The van der Waals surface area contributed by atoms with Gasteiger partial charge in [0, 0.05) is 17.8 Å². The molecule has 1 aliphatic rings. The molecule has 39 heavy (non-hydrogen) atoms. The Morgan fingerprint density at radius 2 is 1.82 bits per heavy atom. The van der Waals surface area contributed by atoms with Crippen LogP contribution >= 0.6 is 11.6 Å². The van der Waals surface area contributed by atoms with Crippen LogP contribution in [0.3, 0.4) is 0 Å². The summed E-state index contributed by atoms with van der Waals surface area (Å²) in [7, 11) is 3.01. The Balaban J connectivity index is 1.43. The molecule has 2 N–H and O–H groups in total. The van der Waals surface area contributed by atoms with Crippen LogP contribution in [0.1, 0.15) is 29.7 Å². The van der Waals surface area contributed by atoms with Crippen molar-refractivity contribution < 1.29 is 19.0 Å². The Morgan fingerprint density at radius 1 is 1.05 bits per heavy atom. The predicted octanol–water partition coefficient (Wildman–Crippen LogP) is 5.76. The molecule has 0 fully saturated rings. The van der Waals surface area contributed by atoms with Crippen molar-refractivity contribution in [3.8, 4) is 17.2 Å². The summed E-state index contributed by atoms with van der Waals surface area (Å²) >= 11 is 6.25. The zero-order valence-electron chi connectivity index (χ0n) is 22.0. The number of allylic oxidation sites excluding steroid dienone is 1. The number of halogens is 1. The van der Waals surface area contributed by atoms with Gasteiger partial charge in [-0.3, -0.25) is 4.79 Å². The number of anilines is 2. The molecular weight excluding hydrogens is 518 g/mol. The maximum atomic E-state index is 13.8. The maximum Gasteiger partial charge on any atom is 0.255 e. The predicted molar refractivity (Wildman–Crippen MR) is 150 cm³/mol. The van der Waals surface area contributed by atoms with E-state index in [1.54, 1.807) is 16.8 Å². The first kappa shape index (κ1) is 26.1. The molecule has 200 valence electrons. The Bertz CT molecular complexity index is 1550. The molecular formula is C29H28ClN5O4. The fourth-order valence-corrected chi connectivity index (χ4v) is 4.79. The lowest BCUT2D eigenvalue weighted by molar-refractivity contribution is -0.113. The highest BCUT2D eigenvalue weighted by Crippen LogP contribution is 2.39. The van der Waals surface area contributed by atoms with Crippen molar-refractivity contribution in [2.45, 2.75) is 26.5 Å². The van der Waals surface area contributed by atoms with E-state index in [0.29, 0.717) is 46.0 Å².